The van der Waals surface area contributed by atoms with Crippen LogP contribution in [0.15, 0.2) is 18.2 Å². The molecule has 0 bridgehead atoms. The van der Waals surface area contributed by atoms with Gasteiger partial charge in [-0.25, -0.2) is 4.79 Å². The number of esters is 1. The van der Waals surface area contributed by atoms with Crippen molar-refractivity contribution in [3.05, 3.63) is 45.3 Å². The van der Waals surface area contributed by atoms with Crippen LogP contribution < -0.4 is 10.6 Å². The van der Waals surface area contributed by atoms with Gasteiger partial charge in [0.15, 0.2) is 0 Å². The van der Waals surface area contributed by atoms with Crippen LogP contribution in [0.25, 0.3) is 0 Å². The Bertz CT molecular complexity index is 1130. The molecule has 2 amide bonds. The van der Waals surface area contributed by atoms with Crippen LogP contribution in [0, 0.1) is 26.7 Å². The van der Waals surface area contributed by atoms with Gasteiger partial charge >= 0.3 is 5.97 Å². The number of carbonyl (C=O) groups excluding carboxylic acids is 3. The largest absolute Gasteiger partial charge is 0.462 e. The fourth-order valence-electron chi connectivity index (χ4n) is 4.59. The van der Waals surface area contributed by atoms with Crippen molar-refractivity contribution >= 4 is 39.8 Å². The highest BCUT2D eigenvalue weighted by Crippen LogP contribution is 2.40. The van der Waals surface area contributed by atoms with Crippen LogP contribution in [-0.4, -0.2) is 47.9 Å². The number of nitrogens with zero attached hydrogens (tertiary/aromatic N) is 1. The van der Waals surface area contributed by atoms with E-state index in [9.17, 15) is 14.4 Å². The molecular weight excluding hydrogens is 462 g/mol. The van der Waals surface area contributed by atoms with E-state index in [1.165, 1.54) is 12.8 Å². The van der Waals surface area contributed by atoms with Crippen LogP contribution in [0.3, 0.4) is 0 Å². The van der Waals surface area contributed by atoms with Gasteiger partial charge in [-0.2, -0.15) is 0 Å². The average molecular weight is 498 g/mol. The summed E-state index contributed by atoms with van der Waals surface area (Å²) in [5.41, 5.74) is 3.54. The molecule has 2 saturated carbocycles. The van der Waals surface area contributed by atoms with Crippen LogP contribution in [0.2, 0.25) is 0 Å². The Morgan fingerprint density at radius 2 is 1.83 bits per heavy atom. The molecule has 1 aromatic carbocycles. The van der Waals surface area contributed by atoms with Crippen LogP contribution in [-0.2, 0) is 9.53 Å². The SMILES string of the molecule is CCOC(=O)c1c(NC(=O)CN(C2CC2)C(C)C2CC2)sc(C(=O)Nc2ccc(C)cc2C)c1C. The Hall–Kier alpha value is -2.71. The van der Waals surface area contributed by atoms with Crippen molar-refractivity contribution in [2.24, 2.45) is 5.92 Å². The van der Waals surface area contributed by atoms with E-state index < -0.39 is 5.97 Å². The number of hydrogen-bond acceptors (Lipinski definition) is 6. The minimum atomic E-state index is -0.535. The summed E-state index contributed by atoms with van der Waals surface area (Å²) < 4.78 is 5.26. The fraction of sp³-hybridized carbons (Fsp3) is 0.519. The molecule has 0 radical (unpaired) electrons. The lowest BCUT2D eigenvalue weighted by molar-refractivity contribution is -0.118. The lowest BCUT2D eigenvalue weighted by Crippen LogP contribution is -2.42. The van der Waals surface area contributed by atoms with Gasteiger partial charge in [0.25, 0.3) is 5.91 Å². The van der Waals surface area contributed by atoms with Crippen molar-refractivity contribution in [1.82, 2.24) is 4.90 Å². The van der Waals surface area contributed by atoms with E-state index in [1.54, 1.807) is 13.8 Å². The number of ether oxygens (including phenoxy) is 1. The summed E-state index contributed by atoms with van der Waals surface area (Å²) in [6, 6.07) is 6.65. The minimum Gasteiger partial charge on any atom is -0.462 e. The highest BCUT2D eigenvalue weighted by Gasteiger charge is 2.40. The Morgan fingerprint density at radius 3 is 2.43 bits per heavy atom. The maximum Gasteiger partial charge on any atom is 0.341 e. The molecule has 1 atom stereocenters. The number of carbonyl (C=O) groups is 3. The molecule has 0 aliphatic heterocycles. The van der Waals surface area contributed by atoms with E-state index >= 15 is 0 Å². The molecule has 1 heterocycles. The smallest absolute Gasteiger partial charge is 0.341 e. The number of aryl methyl sites for hydroxylation is 2. The third-order valence-corrected chi connectivity index (χ3v) is 8.09. The zero-order valence-corrected chi connectivity index (χ0v) is 22.0. The Morgan fingerprint density at radius 1 is 1.11 bits per heavy atom. The monoisotopic (exact) mass is 497 g/mol. The molecule has 1 aromatic heterocycles. The van der Waals surface area contributed by atoms with E-state index in [0.29, 0.717) is 39.1 Å². The summed E-state index contributed by atoms with van der Waals surface area (Å²) in [4.78, 5) is 41.7. The highest BCUT2D eigenvalue weighted by molar-refractivity contribution is 7.19. The van der Waals surface area contributed by atoms with Gasteiger partial charge < -0.3 is 15.4 Å². The molecule has 8 heteroatoms. The fourth-order valence-corrected chi connectivity index (χ4v) is 5.70. The molecule has 1 unspecified atom stereocenters. The Labute approximate surface area is 211 Å². The summed E-state index contributed by atoms with van der Waals surface area (Å²) in [5.74, 6) is -0.347. The first-order valence-corrected chi connectivity index (χ1v) is 13.3. The van der Waals surface area contributed by atoms with Crippen molar-refractivity contribution in [2.75, 3.05) is 23.8 Å². The van der Waals surface area contributed by atoms with Crippen molar-refractivity contribution in [2.45, 2.75) is 72.4 Å². The second-order valence-corrected chi connectivity index (χ2v) is 10.8. The van der Waals surface area contributed by atoms with Gasteiger partial charge in [-0.3, -0.25) is 14.5 Å². The molecular formula is C27H35N3O4S. The topological polar surface area (TPSA) is 87.7 Å². The number of amides is 2. The molecule has 0 spiro atoms. The van der Waals surface area contributed by atoms with Gasteiger partial charge in [-0.05, 0) is 83.4 Å². The summed E-state index contributed by atoms with van der Waals surface area (Å²) >= 11 is 1.12. The quantitative estimate of drug-likeness (QED) is 0.435. The van der Waals surface area contributed by atoms with E-state index in [2.05, 4.69) is 22.5 Å². The molecule has 2 aromatic rings. The standard InChI is InChI=1S/C27H35N3O4S/c1-6-34-27(33)23-17(4)24(25(32)28-21-12-7-15(2)13-16(21)3)35-26(23)29-22(31)14-30(20-10-11-20)18(5)19-8-9-19/h7,12-13,18-20H,6,8-11,14H2,1-5H3,(H,28,32)(H,29,31). The van der Waals surface area contributed by atoms with Crippen LogP contribution >= 0.6 is 11.3 Å². The molecule has 188 valence electrons. The summed E-state index contributed by atoms with van der Waals surface area (Å²) in [7, 11) is 0. The van der Waals surface area contributed by atoms with Crippen LogP contribution in [0.5, 0.6) is 0 Å². The molecule has 2 aliphatic carbocycles. The van der Waals surface area contributed by atoms with Gasteiger partial charge in [0.05, 0.1) is 23.6 Å². The van der Waals surface area contributed by atoms with Crippen molar-refractivity contribution < 1.29 is 19.1 Å². The van der Waals surface area contributed by atoms with Crippen LogP contribution in [0.4, 0.5) is 10.7 Å². The van der Waals surface area contributed by atoms with Gasteiger partial charge in [-0.15, -0.1) is 11.3 Å². The molecule has 2 fully saturated rings. The van der Waals surface area contributed by atoms with E-state index in [-0.39, 0.29) is 30.5 Å². The second kappa shape index (κ2) is 10.5. The summed E-state index contributed by atoms with van der Waals surface area (Å²) in [6.07, 6.45) is 4.70. The van der Waals surface area contributed by atoms with Gasteiger partial charge in [0.2, 0.25) is 5.91 Å². The number of anilines is 2. The van der Waals surface area contributed by atoms with E-state index in [1.807, 2.05) is 32.0 Å². The Balaban J connectivity index is 1.55. The molecule has 4 rings (SSSR count). The predicted molar refractivity (Wildman–Crippen MR) is 139 cm³/mol. The molecule has 0 saturated heterocycles. The number of benzene rings is 1. The zero-order valence-electron chi connectivity index (χ0n) is 21.2. The summed E-state index contributed by atoms with van der Waals surface area (Å²) in [5, 5.41) is 6.25. The van der Waals surface area contributed by atoms with Crippen LogP contribution in [0.1, 0.15) is 76.3 Å². The number of thiophene rings is 1. The van der Waals surface area contributed by atoms with Gasteiger partial charge in [0.1, 0.15) is 5.00 Å². The maximum absolute atomic E-state index is 13.2. The lowest BCUT2D eigenvalue weighted by atomic mass is 10.1. The third kappa shape index (κ3) is 5.93. The van der Waals surface area contributed by atoms with Gasteiger partial charge in [0, 0.05) is 17.8 Å². The van der Waals surface area contributed by atoms with Gasteiger partial charge in [-0.1, -0.05) is 17.7 Å². The minimum absolute atomic E-state index is 0.169. The van der Waals surface area contributed by atoms with E-state index in [4.69, 9.17) is 4.74 Å². The van der Waals surface area contributed by atoms with Crippen molar-refractivity contribution in [3.8, 4) is 0 Å². The van der Waals surface area contributed by atoms with Crippen molar-refractivity contribution in [3.63, 3.8) is 0 Å². The first kappa shape index (κ1) is 25.4. The lowest BCUT2D eigenvalue weighted by Gasteiger charge is -2.28. The average Bonchev–Trinajstić information content (AvgIpc) is 3.71. The Kier molecular flexibility index (Phi) is 7.62. The first-order chi connectivity index (χ1) is 16.7. The highest BCUT2D eigenvalue weighted by atomic mass is 32.1. The molecule has 7 nitrogen and oxygen atoms in total. The normalized spacial score (nSPS) is 16.2. The third-order valence-electron chi connectivity index (χ3n) is 6.89. The first-order valence-electron chi connectivity index (χ1n) is 12.4. The molecule has 35 heavy (non-hydrogen) atoms. The zero-order chi connectivity index (χ0) is 25.3. The summed E-state index contributed by atoms with van der Waals surface area (Å²) in [6.45, 7) is 10.1. The number of nitrogens with one attached hydrogen (secondary N) is 2. The maximum atomic E-state index is 13.2. The predicted octanol–water partition coefficient (Wildman–Crippen LogP) is 5.30. The number of hydrogen-bond donors (Lipinski definition) is 2. The molecule has 2 aliphatic rings. The second-order valence-electron chi connectivity index (χ2n) is 9.78. The van der Waals surface area contributed by atoms with E-state index in [0.717, 1.165) is 35.3 Å². The number of rotatable bonds is 10. The molecule has 2 N–H and O–H groups in total. The van der Waals surface area contributed by atoms with Crippen molar-refractivity contribution in [1.29, 1.82) is 0 Å².